The number of nitrogens with zero attached hydrogens (tertiary/aromatic N) is 4. The summed E-state index contributed by atoms with van der Waals surface area (Å²) in [6.07, 6.45) is 1.89. The number of fused-ring (bicyclic) bond motifs is 2. The average molecular weight is 573 g/mol. The Morgan fingerprint density at radius 1 is 0.953 bits per heavy atom. The fourth-order valence-electron chi connectivity index (χ4n) is 7.79. The molecule has 8 rings (SSSR count). The smallest absolute Gasteiger partial charge is 0.255 e. The first-order valence-electron chi connectivity index (χ1n) is 15.1. The average Bonchev–Trinajstić information content (AvgIpc) is 3.29. The molecule has 1 amide bonds. The molecule has 3 atom stereocenters. The van der Waals surface area contributed by atoms with Crippen molar-refractivity contribution in [1.29, 1.82) is 0 Å². The number of ether oxygens (including phenoxy) is 1. The van der Waals surface area contributed by atoms with Gasteiger partial charge in [0.15, 0.2) is 0 Å². The molecular formula is C36H33FN4O2. The largest absolute Gasteiger partial charge is 0.378 e. The van der Waals surface area contributed by atoms with E-state index in [1.54, 1.807) is 12.1 Å². The van der Waals surface area contributed by atoms with Gasteiger partial charge in [-0.1, -0.05) is 42.5 Å². The van der Waals surface area contributed by atoms with Crippen molar-refractivity contribution in [3.63, 3.8) is 0 Å². The minimum Gasteiger partial charge on any atom is -0.378 e. The zero-order chi connectivity index (χ0) is 29.1. The molecule has 5 aromatic rings. The van der Waals surface area contributed by atoms with E-state index in [2.05, 4.69) is 70.4 Å². The Labute approximate surface area is 250 Å². The summed E-state index contributed by atoms with van der Waals surface area (Å²) < 4.78 is 21.0. The van der Waals surface area contributed by atoms with Gasteiger partial charge in [0.25, 0.3) is 5.91 Å². The highest BCUT2D eigenvalue weighted by molar-refractivity contribution is 6.00. The van der Waals surface area contributed by atoms with Crippen LogP contribution in [0.5, 0.6) is 0 Å². The van der Waals surface area contributed by atoms with Crippen LogP contribution in [-0.2, 0) is 10.2 Å². The number of amides is 1. The topological polar surface area (TPSA) is 50.6 Å². The van der Waals surface area contributed by atoms with E-state index in [0.29, 0.717) is 31.6 Å². The minimum absolute atomic E-state index is 0.100. The molecule has 0 bridgehead atoms. The van der Waals surface area contributed by atoms with Crippen molar-refractivity contribution in [2.45, 2.75) is 18.3 Å². The van der Waals surface area contributed by atoms with E-state index in [-0.39, 0.29) is 17.1 Å². The van der Waals surface area contributed by atoms with Gasteiger partial charge in [-0.3, -0.25) is 4.79 Å². The van der Waals surface area contributed by atoms with Gasteiger partial charge in [-0.05, 0) is 78.1 Å². The highest BCUT2D eigenvalue weighted by atomic mass is 19.1. The normalized spacial score (nSPS) is 23.0. The van der Waals surface area contributed by atoms with E-state index in [9.17, 15) is 9.18 Å². The second-order valence-corrected chi connectivity index (χ2v) is 12.1. The Bertz CT molecular complexity index is 1830. The number of hydrogen-bond acceptors (Lipinski definition) is 4. The third-order valence-corrected chi connectivity index (χ3v) is 9.80. The molecule has 3 heterocycles. The Morgan fingerprint density at radius 2 is 1.70 bits per heavy atom. The van der Waals surface area contributed by atoms with Crippen molar-refractivity contribution in [2.24, 2.45) is 5.92 Å². The summed E-state index contributed by atoms with van der Waals surface area (Å²) in [4.78, 5) is 18.6. The van der Waals surface area contributed by atoms with Gasteiger partial charge in [0.1, 0.15) is 5.82 Å². The number of para-hydroxylation sites is 1. The molecule has 216 valence electrons. The van der Waals surface area contributed by atoms with Crippen LogP contribution in [0.15, 0.2) is 97.2 Å². The summed E-state index contributed by atoms with van der Waals surface area (Å²) in [7, 11) is 0. The van der Waals surface area contributed by atoms with Crippen molar-refractivity contribution in [2.75, 3.05) is 44.3 Å². The van der Waals surface area contributed by atoms with E-state index in [4.69, 9.17) is 4.74 Å². The van der Waals surface area contributed by atoms with Crippen molar-refractivity contribution < 1.29 is 13.9 Å². The number of rotatable bonds is 5. The number of carbonyl (C=O) groups is 1. The van der Waals surface area contributed by atoms with E-state index in [1.165, 1.54) is 28.8 Å². The fraction of sp³-hybridized carbons (Fsp3) is 0.278. The first-order valence-corrected chi connectivity index (χ1v) is 15.1. The molecule has 43 heavy (non-hydrogen) atoms. The molecule has 6 nitrogen and oxygen atoms in total. The molecule has 0 N–H and O–H groups in total. The Balaban J connectivity index is 1.17. The lowest BCUT2D eigenvalue weighted by Crippen LogP contribution is -2.39. The maximum Gasteiger partial charge on any atom is 0.255 e. The summed E-state index contributed by atoms with van der Waals surface area (Å²) in [5.41, 5.74) is 7.21. The van der Waals surface area contributed by atoms with Crippen LogP contribution in [0.3, 0.4) is 0 Å². The first-order chi connectivity index (χ1) is 21.0. The zero-order valence-electron chi connectivity index (χ0n) is 24.1. The number of likely N-dealkylation sites (tertiary alicyclic amines) is 1. The van der Waals surface area contributed by atoms with Crippen LogP contribution < -0.4 is 4.90 Å². The lowest BCUT2D eigenvalue weighted by Gasteiger charge is -2.32. The van der Waals surface area contributed by atoms with Gasteiger partial charge in [-0.25, -0.2) is 9.07 Å². The van der Waals surface area contributed by atoms with Crippen LogP contribution >= 0.6 is 0 Å². The molecule has 2 aliphatic heterocycles. The van der Waals surface area contributed by atoms with Gasteiger partial charge >= 0.3 is 0 Å². The quantitative estimate of drug-likeness (QED) is 0.255. The number of piperidine rings is 1. The number of hydrogen-bond donors (Lipinski definition) is 0. The van der Waals surface area contributed by atoms with Gasteiger partial charge in [0, 0.05) is 48.6 Å². The zero-order valence-corrected chi connectivity index (χ0v) is 24.1. The number of carbonyl (C=O) groups excluding carboxylic acids is 1. The summed E-state index contributed by atoms with van der Waals surface area (Å²) in [6.45, 7) is 6.50. The Morgan fingerprint density at radius 3 is 2.49 bits per heavy atom. The van der Waals surface area contributed by atoms with Gasteiger partial charge in [0.2, 0.25) is 0 Å². The van der Waals surface area contributed by atoms with E-state index < -0.39 is 0 Å². The van der Waals surface area contributed by atoms with Crippen molar-refractivity contribution >= 4 is 22.5 Å². The lowest BCUT2D eigenvalue weighted by molar-refractivity contribution is 0.0768. The van der Waals surface area contributed by atoms with E-state index >= 15 is 0 Å². The third kappa shape index (κ3) is 4.17. The van der Waals surface area contributed by atoms with E-state index in [0.717, 1.165) is 47.5 Å². The molecule has 3 unspecified atom stereocenters. The summed E-state index contributed by atoms with van der Waals surface area (Å²) in [6, 6.07) is 29.7. The Kier molecular flexibility index (Phi) is 6.12. The summed E-state index contributed by atoms with van der Waals surface area (Å²) >= 11 is 0. The monoisotopic (exact) mass is 572 g/mol. The third-order valence-electron chi connectivity index (χ3n) is 9.80. The second kappa shape index (κ2) is 10.1. The van der Waals surface area contributed by atoms with Crippen molar-refractivity contribution in [3.8, 4) is 5.69 Å². The number of aryl methyl sites for hydroxylation is 1. The predicted octanol–water partition coefficient (Wildman–Crippen LogP) is 6.12. The van der Waals surface area contributed by atoms with Crippen LogP contribution in [0.1, 0.15) is 33.0 Å². The first kappa shape index (κ1) is 26.2. The molecule has 1 saturated carbocycles. The fourth-order valence-corrected chi connectivity index (χ4v) is 7.79. The number of benzene rings is 4. The molecular weight excluding hydrogens is 539 g/mol. The van der Waals surface area contributed by atoms with Crippen LogP contribution in [0, 0.1) is 18.7 Å². The lowest BCUT2D eigenvalue weighted by atomic mass is 9.86. The van der Waals surface area contributed by atoms with Gasteiger partial charge < -0.3 is 14.5 Å². The van der Waals surface area contributed by atoms with Crippen LogP contribution in [-0.4, -0.2) is 60.0 Å². The molecule has 0 spiro atoms. The second-order valence-electron chi connectivity index (χ2n) is 12.1. The number of aromatic nitrogens is 2. The number of halogens is 1. The van der Waals surface area contributed by atoms with Gasteiger partial charge in [-0.15, -0.1) is 0 Å². The van der Waals surface area contributed by atoms with E-state index in [1.807, 2.05) is 29.1 Å². The van der Waals surface area contributed by atoms with Crippen LogP contribution in [0.2, 0.25) is 0 Å². The number of morpholine rings is 1. The molecule has 7 heteroatoms. The molecule has 1 aromatic heterocycles. The predicted molar refractivity (Wildman–Crippen MR) is 165 cm³/mol. The molecule has 3 aliphatic rings. The molecule has 2 saturated heterocycles. The highest BCUT2D eigenvalue weighted by Gasteiger charge is 2.71. The maximum atomic E-state index is 14.2. The Hall–Kier alpha value is -4.49. The summed E-state index contributed by atoms with van der Waals surface area (Å²) in [5, 5.41) is 5.71. The molecule has 1 aliphatic carbocycles. The molecule has 0 radical (unpaired) electrons. The maximum absolute atomic E-state index is 14.2. The minimum atomic E-state index is -0.266. The number of anilines is 1. The standard InChI is InChI=1S/C36H33FN4O2/c1-24-19-33-26(21-38-41(33)28-13-11-27(37)12-14-28)20-30(24)36-23-40(22-31(36)34(36)25-7-3-2-4-8-25)35(42)29-9-5-6-10-32(29)39-15-17-43-18-16-39/h2-14,19-21,31,34H,15-18,22-23H2,1H3. The SMILES string of the molecule is Cc1cc2c(cnn2-c2ccc(F)cc2)cc1C12CN(C(=O)c3ccccc3N3CCOCC3)CC1C2c1ccccc1. The van der Waals surface area contributed by atoms with Crippen LogP contribution in [0.4, 0.5) is 10.1 Å². The highest BCUT2D eigenvalue weighted by Crippen LogP contribution is 2.70. The molecule has 3 fully saturated rings. The van der Waals surface area contributed by atoms with Crippen LogP contribution in [0.25, 0.3) is 16.6 Å². The van der Waals surface area contributed by atoms with Gasteiger partial charge in [-0.2, -0.15) is 5.10 Å². The summed E-state index contributed by atoms with van der Waals surface area (Å²) in [5.74, 6) is 0.508. The molecule has 4 aromatic carbocycles. The van der Waals surface area contributed by atoms with Gasteiger partial charge in [0.05, 0.1) is 36.2 Å². The van der Waals surface area contributed by atoms with Crippen molar-refractivity contribution in [1.82, 2.24) is 14.7 Å². The van der Waals surface area contributed by atoms with Crippen molar-refractivity contribution in [3.05, 3.63) is 125 Å².